The van der Waals surface area contributed by atoms with Crippen LogP contribution in [0.2, 0.25) is 0 Å². The first-order valence-corrected chi connectivity index (χ1v) is 10.4. The number of nitrogens with zero attached hydrogens (tertiary/aromatic N) is 3. The topological polar surface area (TPSA) is 66.1 Å². The molecule has 0 aromatic heterocycles. The normalized spacial score (nSPS) is 19.3. The average molecular weight is 501 g/mol. The minimum absolute atomic E-state index is 0. The van der Waals surface area contributed by atoms with E-state index in [0.29, 0.717) is 12.5 Å². The second-order valence-corrected chi connectivity index (χ2v) is 7.77. The fraction of sp³-hybridized carbons (Fsp3) is 0.667. The molecule has 0 spiro atoms. The number of nitrogens with two attached hydrogens (primary N) is 1. The number of benzene rings is 1. The molecule has 2 aliphatic rings. The van der Waals surface area contributed by atoms with E-state index in [2.05, 4.69) is 51.3 Å². The predicted octanol–water partition coefficient (Wildman–Crippen LogP) is 2.67. The highest BCUT2D eigenvalue weighted by atomic mass is 127. The van der Waals surface area contributed by atoms with E-state index in [9.17, 15) is 0 Å². The lowest BCUT2D eigenvalue weighted by Crippen LogP contribution is -2.39. The summed E-state index contributed by atoms with van der Waals surface area (Å²) in [6.07, 6.45) is 3.65. The summed E-state index contributed by atoms with van der Waals surface area (Å²) in [5, 5.41) is 3.22. The van der Waals surface area contributed by atoms with E-state index in [1.54, 1.807) is 0 Å². The highest BCUT2D eigenvalue weighted by Gasteiger charge is 2.15. The second kappa shape index (κ2) is 12.5. The zero-order chi connectivity index (χ0) is 18.9. The van der Waals surface area contributed by atoms with Gasteiger partial charge in [0.1, 0.15) is 0 Å². The summed E-state index contributed by atoms with van der Waals surface area (Å²) in [5.74, 6) is 1.39. The Hall–Kier alpha value is -1.06. The maximum absolute atomic E-state index is 6.00. The molecule has 7 heteroatoms. The molecular weight excluding hydrogens is 465 g/mol. The van der Waals surface area contributed by atoms with Crippen LogP contribution >= 0.6 is 24.0 Å². The van der Waals surface area contributed by atoms with E-state index in [-0.39, 0.29) is 24.0 Å². The molecule has 2 fully saturated rings. The lowest BCUT2D eigenvalue weighted by atomic mass is 9.99. The smallest absolute Gasteiger partial charge is 0.188 e. The number of hydrogen-bond donors (Lipinski definition) is 2. The number of rotatable bonds is 7. The molecule has 3 N–H and O–H groups in total. The summed E-state index contributed by atoms with van der Waals surface area (Å²) in [7, 11) is 0. The molecule has 2 saturated heterocycles. The molecular formula is C21H36IN5O. The van der Waals surface area contributed by atoms with Crippen molar-refractivity contribution in [3.8, 4) is 0 Å². The van der Waals surface area contributed by atoms with Crippen molar-refractivity contribution in [3.05, 3.63) is 29.8 Å². The van der Waals surface area contributed by atoms with Crippen LogP contribution in [0.1, 0.15) is 31.7 Å². The van der Waals surface area contributed by atoms with E-state index in [4.69, 9.17) is 10.5 Å². The molecule has 0 bridgehead atoms. The molecule has 3 rings (SSSR count). The van der Waals surface area contributed by atoms with Crippen molar-refractivity contribution in [3.63, 3.8) is 0 Å². The van der Waals surface area contributed by atoms with Crippen molar-refractivity contribution in [1.29, 1.82) is 0 Å². The van der Waals surface area contributed by atoms with Crippen LogP contribution in [0.15, 0.2) is 29.3 Å². The first-order chi connectivity index (χ1) is 13.2. The van der Waals surface area contributed by atoms with Gasteiger partial charge in [-0.1, -0.05) is 19.1 Å². The van der Waals surface area contributed by atoms with E-state index in [1.807, 2.05) is 0 Å². The first-order valence-electron chi connectivity index (χ1n) is 10.4. The number of hydrogen-bond acceptors (Lipinski definition) is 4. The van der Waals surface area contributed by atoms with Crippen LogP contribution in [-0.2, 0) is 11.3 Å². The number of guanidine groups is 1. The van der Waals surface area contributed by atoms with Gasteiger partial charge in [0.05, 0.1) is 19.8 Å². The minimum Gasteiger partial charge on any atom is -0.379 e. The van der Waals surface area contributed by atoms with E-state index >= 15 is 0 Å². The van der Waals surface area contributed by atoms with Crippen molar-refractivity contribution in [1.82, 2.24) is 10.2 Å². The third-order valence-electron chi connectivity index (χ3n) is 5.58. The Bertz CT molecular complexity index is 581. The number of anilines is 1. The third-order valence-corrected chi connectivity index (χ3v) is 5.58. The summed E-state index contributed by atoms with van der Waals surface area (Å²) < 4.78 is 5.37. The van der Waals surface area contributed by atoms with Gasteiger partial charge in [0, 0.05) is 38.4 Å². The number of aliphatic imine (C=N–C) groups is 1. The average Bonchev–Trinajstić information content (AvgIpc) is 2.71. The quantitative estimate of drug-likeness (QED) is 0.260. The van der Waals surface area contributed by atoms with Crippen molar-refractivity contribution < 1.29 is 4.74 Å². The highest BCUT2D eigenvalue weighted by molar-refractivity contribution is 14.0. The van der Waals surface area contributed by atoms with E-state index in [0.717, 1.165) is 51.7 Å². The fourth-order valence-electron chi connectivity index (χ4n) is 3.66. The zero-order valence-corrected chi connectivity index (χ0v) is 19.4. The summed E-state index contributed by atoms with van der Waals surface area (Å²) in [6, 6.07) is 8.77. The number of ether oxygens (including phenoxy) is 1. The molecule has 0 unspecified atom stereocenters. The van der Waals surface area contributed by atoms with Crippen molar-refractivity contribution in [2.45, 2.75) is 32.7 Å². The van der Waals surface area contributed by atoms with Gasteiger partial charge in [-0.3, -0.25) is 4.90 Å². The van der Waals surface area contributed by atoms with Crippen LogP contribution in [-0.4, -0.2) is 63.3 Å². The van der Waals surface area contributed by atoms with Gasteiger partial charge in [0.25, 0.3) is 0 Å². The van der Waals surface area contributed by atoms with Gasteiger partial charge in [-0.05, 0) is 49.4 Å². The number of nitrogens with one attached hydrogen (secondary N) is 1. The molecule has 0 aliphatic carbocycles. The number of morpholine rings is 1. The van der Waals surface area contributed by atoms with Gasteiger partial charge in [-0.25, -0.2) is 4.99 Å². The standard InChI is InChI=1S/C21H35N5O.HI/c1-18-7-11-26(12-8-18)20-5-3-19(4-6-20)17-24-21(22)23-9-2-10-25-13-15-27-16-14-25;/h3-6,18H,2,7-17H2,1H3,(H3,22,23,24);1H. The molecule has 0 radical (unpaired) electrons. The van der Waals surface area contributed by atoms with Crippen LogP contribution < -0.4 is 16.0 Å². The highest BCUT2D eigenvalue weighted by Crippen LogP contribution is 2.23. The molecule has 1 aromatic carbocycles. The Morgan fingerprint density at radius 2 is 1.82 bits per heavy atom. The molecule has 158 valence electrons. The molecule has 0 atom stereocenters. The fourth-order valence-corrected chi connectivity index (χ4v) is 3.66. The number of halogens is 1. The SMILES string of the molecule is CC1CCN(c2ccc(CN=C(N)NCCCN3CCOCC3)cc2)CC1.I. The summed E-state index contributed by atoms with van der Waals surface area (Å²) in [5.41, 5.74) is 8.52. The van der Waals surface area contributed by atoms with Crippen molar-refractivity contribution in [2.24, 2.45) is 16.6 Å². The molecule has 6 nitrogen and oxygen atoms in total. The monoisotopic (exact) mass is 501 g/mol. The van der Waals surface area contributed by atoms with Gasteiger partial charge in [-0.15, -0.1) is 24.0 Å². The summed E-state index contributed by atoms with van der Waals surface area (Å²) in [4.78, 5) is 9.38. The molecule has 2 heterocycles. The van der Waals surface area contributed by atoms with E-state index < -0.39 is 0 Å². The number of piperidine rings is 1. The van der Waals surface area contributed by atoms with Gasteiger partial charge < -0.3 is 20.7 Å². The Labute approximate surface area is 186 Å². The molecule has 1 aromatic rings. The van der Waals surface area contributed by atoms with Gasteiger partial charge in [0.15, 0.2) is 5.96 Å². The molecule has 0 saturated carbocycles. The van der Waals surface area contributed by atoms with Crippen LogP contribution in [0.25, 0.3) is 0 Å². The van der Waals surface area contributed by atoms with Gasteiger partial charge in [0.2, 0.25) is 0 Å². The zero-order valence-electron chi connectivity index (χ0n) is 17.1. The van der Waals surface area contributed by atoms with Crippen LogP contribution in [0.3, 0.4) is 0 Å². The van der Waals surface area contributed by atoms with Gasteiger partial charge in [-0.2, -0.15) is 0 Å². The lowest BCUT2D eigenvalue weighted by Gasteiger charge is -2.32. The molecule has 28 heavy (non-hydrogen) atoms. The Morgan fingerprint density at radius 1 is 1.14 bits per heavy atom. The largest absolute Gasteiger partial charge is 0.379 e. The maximum atomic E-state index is 6.00. The first kappa shape index (κ1) is 23.2. The van der Waals surface area contributed by atoms with E-state index in [1.165, 1.54) is 37.2 Å². The lowest BCUT2D eigenvalue weighted by molar-refractivity contribution is 0.0376. The molecule has 0 amide bonds. The summed E-state index contributed by atoms with van der Waals surface area (Å²) >= 11 is 0. The Kier molecular flexibility index (Phi) is 10.4. The van der Waals surface area contributed by atoms with Crippen molar-refractivity contribution in [2.75, 3.05) is 57.4 Å². The van der Waals surface area contributed by atoms with Crippen LogP contribution in [0.4, 0.5) is 5.69 Å². The molecule has 2 aliphatic heterocycles. The Balaban J connectivity index is 0.00000280. The minimum atomic E-state index is 0. The second-order valence-electron chi connectivity index (χ2n) is 7.77. The van der Waals surface area contributed by atoms with Crippen molar-refractivity contribution >= 4 is 35.6 Å². The Morgan fingerprint density at radius 3 is 2.50 bits per heavy atom. The van der Waals surface area contributed by atoms with Crippen LogP contribution in [0.5, 0.6) is 0 Å². The van der Waals surface area contributed by atoms with Crippen LogP contribution in [0, 0.1) is 5.92 Å². The summed E-state index contributed by atoms with van der Waals surface area (Å²) in [6.45, 7) is 11.0. The predicted molar refractivity (Wildman–Crippen MR) is 128 cm³/mol. The third kappa shape index (κ3) is 7.75. The van der Waals surface area contributed by atoms with Gasteiger partial charge >= 0.3 is 0 Å². The maximum Gasteiger partial charge on any atom is 0.188 e.